The van der Waals surface area contributed by atoms with E-state index in [1.807, 2.05) is 7.05 Å². The third kappa shape index (κ3) is 3.12. The van der Waals surface area contributed by atoms with E-state index in [4.69, 9.17) is 15.3 Å². The molecule has 2 aromatic rings. The molecule has 1 aliphatic heterocycles. The third-order valence-electron chi connectivity index (χ3n) is 3.70. The van der Waals surface area contributed by atoms with Crippen LogP contribution in [0.25, 0.3) is 11.0 Å². The number of nitrogens with zero attached hydrogens (tertiary/aromatic N) is 4. The lowest BCUT2D eigenvalue weighted by molar-refractivity contribution is 0.0143. The van der Waals surface area contributed by atoms with Gasteiger partial charge >= 0.3 is 0 Å². The van der Waals surface area contributed by atoms with Crippen LogP contribution in [-0.2, 0) is 23.1 Å². The average molecular weight is 292 g/mol. The van der Waals surface area contributed by atoms with Gasteiger partial charge in [0.2, 0.25) is 0 Å². The number of hydrogen-bond donors (Lipinski definition) is 2. The molecular formula is C13H20N6O2. The smallest absolute Gasteiger partial charge is 0.163 e. The molecule has 0 radical (unpaired) electrons. The van der Waals surface area contributed by atoms with Crippen molar-refractivity contribution in [3.05, 3.63) is 12.0 Å². The number of rotatable bonds is 5. The Kier molecular flexibility index (Phi) is 4.28. The first kappa shape index (κ1) is 14.2. The van der Waals surface area contributed by atoms with Gasteiger partial charge in [-0.3, -0.25) is 4.68 Å². The minimum atomic E-state index is 0.368. The van der Waals surface area contributed by atoms with Crippen LogP contribution in [0, 0.1) is 5.92 Å². The van der Waals surface area contributed by atoms with Crippen molar-refractivity contribution in [2.75, 3.05) is 25.2 Å². The lowest BCUT2D eigenvalue weighted by atomic mass is 10.0. The van der Waals surface area contributed by atoms with Gasteiger partial charge in [0.05, 0.1) is 18.2 Å². The summed E-state index contributed by atoms with van der Waals surface area (Å²) >= 11 is 0. The molecule has 2 aromatic heterocycles. The predicted octanol–water partition coefficient (Wildman–Crippen LogP) is 0.592. The summed E-state index contributed by atoms with van der Waals surface area (Å²) in [4.78, 5) is 8.84. The molecule has 0 saturated carbocycles. The normalized spacial score (nSPS) is 16.5. The van der Waals surface area contributed by atoms with Gasteiger partial charge in [0.15, 0.2) is 17.3 Å². The molecule has 8 heteroatoms. The van der Waals surface area contributed by atoms with Gasteiger partial charge in [-0.1, -0.05) is 0 Å². The van der Waals surface area contributed by atoms with Crippen molar-refractivity contribution < 1.29 is 9.47 Å². The van der Waals surface area contributed by atoms with Crippen molar-refractivity contribution in [1.29, 1.82) is 0 Å². The third-order valence-corrected chi connectivity index (χ3v) is 3.70. The van der Waals surface area contributed by atoms with Crippen molar-refractivity contribution in [3.63, 3.8) is 0 Å². The lowest BCUT2D eigenvalue weighted by Gasteiger charge is -2.21. The number of aromatic nitrogens is 4. The Morgan fingerprint density at radius 3 is 3.00 bits per heavy atom. The minimum Gasteiger partial charge on any atom is -0.381 e. The second-order valence-electron chi connectivity index (χ2n) is 5.21. The number of anilines is 1. The van der Waals surface area contributed by atoms with Gasteiger partial charge in [0.25, 0.3) is 0 Å². The summed E-state index contributed by atoms with van der Waals surface area (Å²) in [7, 11) is 1.84. The molecule has 1 fully saturated rings. The number of aryl methyl sites for hydroxylation is 1. The molecule has 0 spiro atoms. The van der Waals surface area contributed by atoms with Crippen molar-refractivity contribution >= 4 is 16.9 Å². The summed E-state index contributed by atoms with van der Waals surface area (Å²) in [5, 5.41) is 4.96. The molecule has 1 saturated heterocycles. The average Bonchev–Trinajstić information content (AvgIpc) is 2.89. The fourth-order valence-electron chi connectivity index (χ4n) is 2.47. The molecule has 0 bridgehead atoms. The van der Waals surface area contributed by atoms with E-state index in [2.05, 4.69) is 20.5 Å². The van der Waals surface area contributed by atoms with Crippen LogP contribution in [0.3, 0.4) is 0 Å². The molecular weight excluding hydrogens is 272 g/mol. The van der Waals surface area contributed by atoms with E-state index >= 15 is 0 Å². The first-order chi connectivity index (χ1) is 10.3. The first-order valence-electron chi connectivity index (χ1n) is 7.08. The van der Waals surface area contributed by atoms with Crippen LogP contribution in [0.15, 0.2) is 6.20 Å². The topological polar surface area (TPSA) is 100 Å². The van der Waals surface area contributed by atoms with Crippen LogP contribution in [0.5, 0.6) is 0 Å². The van der Waals surface area contributed by atoms with Gasteiger partial charge < -0.3 is 14.9 Å². The standard InChI is InChI=1S/C13H20N6O2/c1-19-13-10(6-15-19)12(18-14)16-11(17-13)8-21-7-9-2-4-20-5-3-9/h6,9H,2-5,7-8,14H2,1H3,(H,16,17,18). The van der Waals surface area contributed by atoms with Crippen LogP contribution in [0.2, 0.25) is 0 Å². The number of fused-ring (bicyclic) bond motifs is 1. The number of nitrogens with two attached hydrogens (primary N) is 1. The molecule has 3 rings (SSSR count). The van der Waals surface area contributed by atoms with E-state index < -0.39 is 0 Å². The van der Waals surface area contributed by atoms with Crippen molar-refractivity contribution in [1.82, 2.24) is 19.7 Å². The van der Waals surface area contributed by atoms with Gasteiger partial charge in [-0.05, 0) is 18.8 Å². The van der Waals surface area contributed by atoms with Crippen LogP contribution in [-0.4, -0.2) is 39.6 Å². The number of nitrogens with one attached hydrogen (secondary N) is 1. The summed E-state index contributed by atoms with van der Waals surface area (Å²) in [5.41, 5.74) is 3.33. The quantitative estimate of drug-likeness (QED) is 0.614. The highest BCUT2D eigenvalue weighted by molar-refractivity contribution is 5.86. The van der Waals surface area contributed by atoms with Gasteiger partial charge in [-0.2, -0.15) is 5.10 Å². The maximum absolute atomic E-state index is 5.75. The van der Waals surface area contributed by atoms with Gasteiger partial charge in [0, 0.05) is 20.3 Å². The van der Waals surface area contributed by atoms with E-state index in [-0.39, 0.29) is 0 Å². The van der Waals surface area contributed by atoms with E-state index in [1.165, 1.54) is 0 Å². The Morgan fingerprint density at radius 2 is 2.24 bits per heavy atom. The Balaban J connectivity index is 1.67. The summed E-state index contributed by atoms with van der Waals surface area (Å²) in [6.07, 6.45) is 3.80. The van der Waals surface area contributed by atoms with Crippen LogP contribution in [0.4, 0.5) is 5.82 Å². The summed E-state index contributed by atoms with van der Waals surface area (Å²) < 4.78 is 12.8. The van der Waals surface area contributed by atoms with Crippen LogP contribution >= 0.6 is 0 Å². The molecule has 0 aliphatic carbocycles. The second kappa shape index (κ2) is 6.33. The molecule has 21 heavy (non-hydrogen) atoms. The van der Waals surface area contributed by atoms with E-state index in [0.717, 1.165) is 37.1 Å². The largest absolute Gasteiger partial charge is 0.381 e. The fourth-order valence-corrected chi connectivity index (χ4v) is 2.47. The first-order valence-corrected chi connectivity index (χ1v) is 7.08. The number of ether oxygens (including phenoxy) is 2. The summed E-state index contributed by atoms with van der Waals surface area (Å²) in [6.45, 7) is 2.73. The zero-order valence-corrected chi connectivity index (χ0v) is 12.1. The van der Waals surface area contributed by atoms with Gasteiger partial charge in [-0.15, -0.1) is 0 Å². The van der Waals surface area contributed by atoms with Crippen LogP contribution < -0.4 is 11.3 Å². The maximum atomic E-state index is 5.75. The lowest BCUT2D eigenvalue weighted by Crippen LogP contribution is -2.20. The van der Waals surface area contributed by atoms with Gasteiger partial charge in [-0.25, -0.2) is 15.8 Å². The fraction of sp³-hybridized carbons (Fsp3) is 0.615. The molecule has 3 N–H and O–H groups in total. The second-order valence-corrected chi connectivity index (χ2v) is 5.21. The number of hydrazine groups is 1. The molecule has 3 heterocycles. The predicted molar refractivity (Wildman–Crippen MR) is 77.3 cm³/mol. The number of hydrogen-bond acceptors (Lipinski definition) is 7. The molecule has 0 amide bonds. The van der Waals surface area contributed by atoms with E-state index in [1.54, 1.807) is 10.9 Å². The zero-order valence-electron chi connectivity index (χ0n) is 12.1. The Labute approximate surface area is 122 Å². The Morgan fingerprint density at radius 1 is 1.43 bits per heavy atom. The van der Waals surface area contributed by atoms with Crippen molar-refractivity contribution in [3.8, 4) is 0 Å². The van der Waals surface area contributed by atoms with Crippen LogP contribution in [0.1, 0.15) is 18.7 Å². The zero-order chi connectivity index (χ0) is 14.7. The molecule has 1 aliphatic rings. The molecule has 0 aromatic carbocycles. The van der Waals surface area contributed by atoms with Crippen molar-refractivity contribution in [2.45, 2.75) is 19.4 Å². The highest BCUT2D eigenvalue weighted by Crippen LogP contribution is 2.19. The minimum absolute atomic E-state index is 0.368. The molecule has 0 atom stereocenters. The summed E-state index contributed by atoms with van der Waals surface area (Å²) in [6, 6.07) is 0. The SMILES string of the molecule is Cn1ncc2c(NN)nc(COCC3CCOCC3)nc21. The molecule has 8 nitrogen and oxygen atoms in total. The maximum Gasteiger partial charge on any atom is 0.163 e. The van der Waals surface area contributed by atoms with Crippen molar-refractivity contribution in [2.24, 2.45) is 18.8 Å². The van der Waals surface area contributed by atoms with Gasteiger partial charge in [0.1, 0.15) is 6.61 Å². The van der Waals surface area contributed by atoms with E-state index in [0.29, 0.717) is 30.8 Å². The highest BCUT2D eigenvalue weighted by atomic mass is 16.5. The van der Waals surface area contributed by atoms with E-state index in [9.17, 15) is 0 Å². The Bertz CT molecular complexity index is 608. The Hall–Kier alpha value is -1.77. The monoisotopic (exact) mass is 292 g/mol. The summed E-state index contributed by atoms with van der Waals surface area (Å²) in [5.74, 6) is 7.24. The number of nitrogen functional groups attached to an aromatic ring is 1. The highest BCUT2D eigenvalue weighted by Gasteiger charge is 2.15. The molecule has 114 valence electrons. The molecule has 0 unspecified atom stereocenters.